The first-order valence-electron chi connectivity index (χ1n) is 6.41. The maximum atomic E-state index is 12.6. The zero-order valence-electron chi connectivity index (χ0n) is 11.5. The Balaban J connectivity index is 2.34. The number of hydrogen-bond acceptors (Lipinski definition) is 3. The molecule has 1 saturated heterocycles. The van der Waals surface area contributed by atoms with Gasteiger partial charge in [0, 0.05) is 11.9 Å². The predicted molar refractivity (Wildman–Crippen MR) is 74.5 cm³/mol. The van der Waals surface area contributed by atoms with Crippen molar-refractivity contribution in [2.75, 3.05) is 6.54 Å². The molecule has 1 N–H and O–H groups in total. The number of piperidine rings is 1. The average molecular weight is 281 g/mol. The zero-order chi connectivity index (χ0) is 14.2. The molecule has 0 radical (unpaired) electrons. The lowest BCUT2D eigenvalue weighted by molar-refractivity contribution is -0.148. The normalized spacial score (nSPS) is 22.3. The van der Waals surface area contributed by atoms with Crippen LogP contribution in [0.2, 0.25) is 0 Å². The number of rotatable bonds is 2. The minimum atomic E-state index is -0.911. The number of amides is 1. The summed E-state index contributed by atoms with van der Waals surface area (Å²) in [5.74, 6) is -1.06. The zero-order valence-corrected chi connectivity index (χ0v) is 12.3. The molecule has 2 rings (SSSR count). The van der Waals surface area contributed by atoms with Crippen molar-refractivity contribution < 1.29 is 14.7 Å². The molecule has 0 saturated carbocycles. The van der Waals surface area contributed by atoms with Gasteiger partial charge in [-0.25, -0.2) is 4.79 Å². The van der Waals surface area contributed by atoms with Gasteiger partial charge < -0.3 is 10.0 Å². The molecule has 4 nitrogen and oxygen atoms in total. The number of nitrogens with zero attached hydrogens (tertiary/aromatic N) is 1. The quantitative estimate of drug-likeness (QED) is 0.907. The monoisotopic (exact) mass is 281 g/mol. The molecule has 104 valence electrons. The van der Waals surface area contributed by atoms with Crippen LogP contribution in [-0.4, -0.2) is 34.5 Å². The van der Waals surface area contributed by atoms with E-state index in [2.05, 4.69) is 0 Å². The van der Waals surface area contributed by atoms with Crippen molar-refractivity contribution in [2.45, 2.75) is 39.7 Å². The van der Waals surface area contributed by atoms with E-state index in [1.165, 1.54) is 16.2 Å². The fourth-order valence-corrected chi connectivity index (χ4v) is 3.64. The van der Waals surface area contributed by atoms with Crippen molar-refractivity contribution in [3.05, 3.63) is 21.9 Å². The van der Waals surface area contributed by atoms with Crippen LogP contribution in [-0.2, 0) is 4.79 Å². The Morgan fingerprint density at radius 2 is 2.11 bits per heavy atom. The van der Waals surface area contributed by atoms with Gasteiger partial charge in [0.15, 0.2) is 0 Å². The summed E-state index contributed by atoms with van der Waals surface area (Å²) in [5, 5.41) is 13.2. The molecule has 1 unspecified atom stereocenters. The highest BCUT2D eigenvalue weighted by Crippen LogP contribution is 2.36. The van der Waals surface area contributed by atoms with Crippen molar-refractivity contribution in [3.63, 3.8) is 0 Å². The summed E-state index contributed by atoms with van der Waals surface area (Å²) < 4.78 is 0. The van der Waals surface area contributed by atoms with Gasteiger partial charge in [0.05, 0.1) is 5.56 Å². The molecule has 0 aromatic carbocycles. The summed E-state index contributed by atoms with van der Waals surface area (Å²) in [6.45, 7) is 6.25. The number of aliphatic carboxylic acids is 1. The van der Waals surface area contributed by atoms with E-state index in [0.717, 1.165) is 18.4 Å². The molecular weight excluding hydrogens is 262 g/mol. The first kappa shape index (κ1) is 14.1. The second-order valence-electron chi connectivity index (χ2n) is 5.80. The molecule has 1 atom stereocenters. The summed E-state index contributed by atoms with van der Waals surface area (Å²) in [5.41, 5.74) is 1.17. The van der Waals surface area contributed by atoms with Crippen LogP contribution in [0.3, 0.4) is 0 Å². The van der Waals surface area contributed by atoms with Gasteiger partial charge in [-0.2, -0.15) is 11.3 Å². The third-order valence-electron chi connectivity index (χ3n) is 3.85. The van der Waals surface area contributed by atoms with E-state index in [-0.39, 0.29) is 11.3 Å². The lowest BCUT2D eigenvalue weighted by atomic mass is 9.76. The van der Waals surface area contributed by atoms with E-state index in [1.54, 1.807) is 5.38 Å². The number of carbonyl (C=O) groups is 2. The Morgan fingerprint density at radius 3 is 2.63 bits per heavy atom. The summed E-state index contributed by atoms with van der Waals surface area (Å²) in [4.78, 5) is 25.6. The van der Waals surface area contributed by atoms with Crippen molar-refractivity contribution in [3.8, 4) is 0 Å². The van der Waals surface area contributed by atoms with Gasteiger partial charge in [0.1, 0.15) is 6.04 Å². The minimum absolute atomic E-state index is 0.154. The van der Waals surface area contributed by atoms with E-state index < -0.39 is 12.0 Å². The fraction of sp³-hybridized carbons (Fsp3) is 0.571. The number of aryl methyl sites for hydroxylation is 1. The van der Waals surface area contributed by atoms with E-state index >= 15 is 0 Å². The molecule has 19 heavy (non-hydrogen) atoms. The summed E-state index contributed by atoms with van der Waals surface area (Å²) in [6.07, 6.45) is 1.68. The molecule has 0 spiro atoms. The highest BCUT2D eigenvalue weighted by atomic mass is 32.1. The van der Waals surface area contributed by atoms with Crippen LogP contribution in [0.1, 0.15) is 42.6 Å². The van der Waals surface area contributed by atoms with Crippen LogP contribution in [0.15, 0.2) is 10.8 Å². The molecule has 1 aliphatic heterocycles. The maximum Gasteiger partial charge on any atom is 0.326 e. The SMILES string of the molecule is Cc1cscc1C(=O)N1CCCC(C)(C)C1C(=O)O. The number of thiophene rings is 1. The number of likely N-dealkylation sites (tertiary alicyclic amines) is 1. The highest BCUT2D eigenvalue weighted by Gasteiger charge is 2.44. The Kier molecular flexibility index (Phi) is 3.67. The molecule has 1 amide bonds. The van der Waals surface area contributed by atoms with Crippen LogP contribution in [0.5, 0.6) is 0 Å². The van der Waals surface area contributed by atoms with Crippen LogP contribution in [0.25, 0.3) is 0 Å². The second kappa shape index (κ2) is 4.96. The van der Waals surface area contributed by atoms with Gasteiger partial charge in [-0.05, 0) is 36.1 Å². The van der Waals surface area contributed by atoms with Gasteiger partial charge in [0.25, 0.3) is 5.91 Å². The highest BCUT2D eigenvalue weighted by molar-refractivity contribution is 7.08. The van der Waals surface area contributed by atoms with E-state index in [4.69, 9.17) is 0 Å². The molecule has 1 aromatic heterocycles. The smallest absolute Gasteiger partial charge is 0.326 e. The first-order chi connectivity index (χ1) is 8.84. The van der Waals surface area contributed by atoms with Crippen molar-refractivity contribution in [2.24, 2.45) is 5.41 Å². The van der Waals surface area contributed by atoms with E-state index in [9.17, 15) is 14.7 Å². The number of hydrogen-bond donors (Lipinski definition) is 1. The lowest BCUT2D eigenvalue weighted by Crippen LogP contribution is -2.56. The van der Waals surface area contributed by atoms with Gasteiger partial charge >= 0.3 is 5.97 Å². The third-order valence-corrected chi connectivity index (χ3v) is 4.71. The molecule has 1 aliphatic rings. The lowest BCUT2D eigenvalue weighted by Gasteiger charge is -2.44. The molecular formula is C14H19NO3S. The molecule has 1 aromatic rings. The Bertz CT molecular complexity index is 507. The molecule has 0 bridgehead atoms. The Hall–Kier alpha value is -1.36. The first-order valence-corrected chi connectivity index (χ1v) is 7.35. The Labute approximate surface area is 117 Å². The Morgan fingerprint density at radius 1 is 1.42 bits per heavy atom. The largest absolute Gasteiger partial charge is 0.480 e. The predicted octanol–water partition coefficient (Wildman–Crippen LogP) is 2.77. The van der Waals surface area contributed by atoms with E-state index in [1.807, 2.05) is 26.2 Å². The van der Waals surface area contributed by atoms with E-state index in [0.29, 0.717) is 12.1 Å². The topological polar surface area (TPSA) is 57.6 Å². The molecule has 1 fully saturated rings. The molecule has 2 heterocycles. The number of carboxylic acid groups (broad SMARTS) is 1. The standard InChI is InChI=1S/C14H19NO3S/c1-9-7-19-8-10(9)12(16)15-6-4-5-14(2,3)11(15)13(17)18/h7-8,11H,4-6H2,1-3H3,(H,17,18). The maximum absolute atomic E-state index is 12.6. The third kappa shape index (κ3) is 2.52. The van der Waals surface area contributed by atoms with Crippen LogP contribution in [0, 0.1) is 12.3 Å². The van der Waals surface area contributed by atoms with Crippen molar-refractivity contribution in [1.82, 2.24) is 4.90 Å². The van der Waals surface area contributed by atoms with Gasteiger partial charge in [0.2, 0.25) is 0 Å². The molecule has 0 aliphatic carbocycles. The van der Waals surface area contributed by atoms with Crippen LogP contribution < -0.4 is 0 Å². The number of carbonyl (C=O) groups excluding carboxylic acids is 1. The van der Waals surface area contributed by atoms with Gasteiger partial charge in [-0.1, -0.05) is 13.8 Å². The van der Waals surface area contributed by atoms with Crippen LogP contribution >= 0.6 is 11.3 Å². The average Bonchev–Trinajstić information content (AvgIpc) is 2.72. The van der Waals surface area contributed by atoms with Gasteiger partial charge in [-0.3, -0.25) is 4.79 Å². The minimum Gasteiger partial charge on any atom is -0.480 e. The molecule has 5 heteroatoms. The number of carboxylic acids is 1. The summed E-state index contributed by atoms with van der Waals surface area (Å²) in [6, 6.07) is -0.743. The van der Waals surface area contributed by atoms with Crippen molar-refractivity contribution >= 4 is 23.2 Å². The van der Waals surface area contributed by atoms with Crippen LogP contribution in [0.4, 0.5) is 0 Å². The second-order valence-corrected chi connectivity index (χ2v) is 6.54. The summed E-state index contributed by atoms with van der Waals surface area (Å²) >= 11 is 1.47. The van der Waals surface area contributed by atoms with Crippen molar-refractivity contribution in [1.29, 1.82) is 0 Å². The summed E-state index contributed by atoms with van der Waals surface area (Å²) in [7, 11) is 0. The van der Waals surface area contributed by atoms with Gasteiger partial charge in [-0.15, -0.1) is 0 Å². The fourth-order valence-electron chi connectivity index (χ4n) is 2.81.